The summed E-state index contributed by atoms with van der Waals surface area (Å²) in [6, 6.07) is 3.91. The fourth-order valence-corrected chi connectivity index (χ4v) is 2.13. The Labute approximate surface area is 106 Å². The van der Waals surface area contributed by atoms with E-state index in [1.165, 1.54) is 12.1 Å². The molecule has 1 heterocycles. The van der Waals surface area contributed by atoms with Crippen LogP contribution in [0.15, 0.2) is 18.2 Å². The second kappa shape index (κ2) is 6.28. The molecule has 0 bridgehead atoms. The summed E-state index contributed by atoms with van der Waals surface area (Å²) in [5, 5.41) is 0. The molecule has 5 heteroatoms. The molecule has 2 nitrogen and oxygen atoms in total. The van der Waals surface area contributed by atoms with Crippen LogP contribution in [0.25, 0.3) is 0 Å². The van der Waals surface area contributed by atoms with E-state index < -0.39 is 11.6 Å². The van der Waals surface area contributed by atoms with Crippen LogP contribution in [0, 0.1) is 11.6 Å². The van der Waals surface area contributed by atoms with Crippen LogP contribution in [0.1, 0.15) is 18.4 Å². The maximum atomic E-state index is 13.4. The summed E-state index contributed by atoms with van der Waals surface area (Å²) in [7, 11) is 0. The predicted octanol–water partition coefficient (Wildman–Crippen LogP) is 2.31. The van der Waals surface area contributed by atoms with Crippen LogP contribution in [0.5, 0.6) is 0 Å². The summed E-state index contributed by atoms with van der Waals surface area (Å²) in [4.78, 5) is 2.12. The van der Waals surface area contributed by atoms with E-state index in [9.17, 15) is 8.78 Å². The van der Waals surface area contributed by atoms with Crippen LogP contribution in [0.3, 0.4) is 0 Å². The minimum atomic E-state index is -0.531. The lowest BCUT2D eigenvalue weighted by Crippen LogP contribution is -2.42. The van der Waals surface area contributed by atoms with Gasteiger partial charge in [-0.15, -0.1) is 12.4 Å². The Morgan fingerprint density at radius 2 is 2.12 bits per heavy atom. The third-order valence-corrected chi connectivity index (χ3v) is 2.95. The zero-order chi connectivity index (χ0) is 11.5. The topological polar surface area (TPSA) is 29.3 Å². The quantitative estimate of drug-likeness (QED) is 0.886. The zero-order valence-electron chi connectivity index (χ0n) is 9.53. The van der Waals surface area contributed by atoms with Gasteiger partial charge < -0.3 is 5.73 Å². The number of hydrogen-bond donors (Lipinski definition) is 1. The first-order valence-electron chi connectivity index (χ1n) is 5.57. The lowest BCUT2D eigenvalue weighted by Gasteiger charge is -2.30. The summed E-state index contributed by atoms with van der Waals surface area (Å²) in [5.74, 6) is -1.00. The maximum Gasteiger partial charge on any atom is 0.130 e. The Kier molecular flexibility index (Phi) is 5.31. The number of piperidine rings is 1. The number of likely N-dealkylation sites (tertiary alicyclic amines) is 1. The van der Waals surface area contributed by atoms with Gasteiger partial charge in [-0.2, -0.15) is 0 Å². The number of nitrogens with zero attached hydrogens (tertiary/aromatic N) is 1. The van der Waals surface area contributed by atoms with Crippen LogP contribution < -0.4 is 5.73 Å². The SMILES string of the molecule is Cl.N[C@@H]1CCCN(Cc2ccc(F)cc2F)C1. The third-order valence-electron chi connectivity index (χ3n) is 2.95. The van der Waals surface area contributed by atoms with E-state index in [0.717, 1.165) is 32.0 Å². The Balaban J connectivity index is 0.00000144. The van der Waals surface area contributed by atoms with Crippen molar-refractivity contribution >= 4 is 12.4 Å². The highest BCUT2D eigenvalue weighted by atomic mass is 35.5. The standard InChI is InChI=1S/C12H16F2N2.ClH/c13-10-4-3-9(12(14)6-10)7-16-5-1-2-11(15)8-16;/h3-4,6,11H,1-2,5,7-8,15H2;1H/t11-;/m1./s1. The van der Waals surface area contributed by atoms with Crippen LogP contribution in [-0.4, -0.2) is 24.0 Å². The molecule has 2 N–H and O–H groups in total. The first kappa shape index (κ1) is 14.4. The third kappa shape index (κ3) is 3.91. The van der Waals surface area contributed by atoms with Gasteiger partial charge in [-0.05, 0) is 25.5 Å². The summed E-state index contributed by atoms with van der Waals surface area (Å²) in [5.41, 5.74) is 6.38. The van der Waals surface area contributed by atoms with E-state index in [0.29, 0.717) is 12.1 Å². The van der Waals surface area contributed by atoms with Gasteiger partial charge in [0.2, 0.25) is 0 Å². The Morgan fingerprint density at radius 3 is 2.76 bits per heavy atom. The molecule has 0 spiro atoms. The highest BCUT2D eigenvalue weighted by molar-refractivity contribution is 5.85. The highest BCUT2D eigenvalue weighted by Crippen LogP contribution is 2.15. The van der Waals surface area contributed by atoms with E-state index in [4.69, 9.17) is 5.73 Å². The molecule has 2 rings (SSSR count). The average molecular weight is 263 g/mol. The molecule has 0 unspecified atom stereocenters. The van der Waals surface area contributed by atoms with E-state index in [1.54, 1.807) is 0 Å². The molecule has 1 saturated heterocycles. The highest BCUT2D eigenvalue weighted by Gasteiger charge is 2.17. The van der Waals surface area contributed by atoms with Gasteiger partial charge in [-0.1, -0.05) is 6.07 Å². The summed E-state index contributed by atoms with van der Waals surface area (Å²) in [6.45, 7) is 2.24. The lowest BCUT2D eigenvalue weighted by molar-refractivity contribution is 0.199. The number of halogens is 3. The van der Waals surface area contributed by atoms with Crippen molar-refractivity contribution in [2.75, 3.05) is 13.1 Å². The van der Waals surface area contributed by atoms with Crippen LogP contribution in [0.4, 0.5) is 8.78 Å². The predicted molar refractivity (Wildman–Crippen MR) is 66.1 cm³/mol. The molecule has 1 atom stereocenters. The number of rotatable bonds is 2. The van der Waals surface area contributed by atoms with Gasteiger partial charge in [0, 0.05) is 30.8 Å². The number of benzene rings is 1. The second-order valence-corrected chi connectivity index (χ2v) is 4.37. The second-order valence-electron chi connectivity index (χ2n) is 4.37. The van der Waals surface area contributed by atoms with Gasteiger partial charge in [-0.25, -0.2) is 8.78 Å². The molecule has 0 aromatic heterocycles. The van der Waals surface area contributed by atoms with Gasteiger partial charge in [0.05, 0.1) is 0 Å². The van der Waals surface area contributed by atoms with Crippen LogP contribution >= 0.6 is 12.4 Å². The maximum absolute atomic E-state index is 13.4. The van der Waals surface area contributed by atoms with Crippen molar-refractivity contribution < 1.29 is 8.78 Å². The Hall–Kier alpha value is -0.710. The first-order chi connectivity index (χ1) is 7.65. The van der Waals surface area contributed by atoms with E-state index >= 15 is 0 Å². The Morgan fingerprint density at radius 1 is 1.35 bits per heavy atom. The minimum absolute atomic E-state index is 0. The van der Waals surface area contributed by atoms with Gasteiger partial charge in [0.1, 0.15) is 11.6 Å². The van der Waals surface area contributed by atoms with Gasteiger partial charge >= 0.3 is 0 Å². The van der Waals surface area contributed by atoms with Gasteiger partial charge in [-0.3, -0.25) is 4.90 Å². The molecule has 0 aliphatic carbocycles. The Bertz CT molecular complexity index is 374. The normalized spacial score (nSPS) is 21.0. The molecule has 0 saturated carbocycles. The largest absolute Gasteiger partial charge is 0.327 e. The van der Waals surface area contributed by atoms with Gasteiger partial charge in [0.15, 0.2) is 0 Å². The molecule has 1 aliphatic heterocycles. The summed E-state index contributed by atoms with van der Waals surface area (Å²) in [6.07, 6.45) is 2.08. The molecule has 0 amide bonds. The molecule has 0 radical (unpaired) electrons. The minimum Gasteiger partial charge on any atom is -0.327 e. The number of nitrogens with two attached hydrogens (primary N) is 1. The van der Waals surface area contributed by atoms with E-state index in [1.807, 2.05) is 0 Å². The van der Waals surface area contributed by atoms with Crippen molar-refractivity contribution in [2.45, 2.75) is 25.4 Å². The number of hydrogen-bond acceptors (Lipinski definition) is 2. The van der Waals surface area contributed by atoms with Crippen molar-refractivity contribution in [1.82, 2.24) is 4.90 Å². The molecule has 1 fully saturated rings. The van der Waals surface area contributed by atoms with Crippen molar-refractivity contribution in [3.63, 3.8) is 0 Å². The molecule has 1 aromatic rings. The van der Waals surface area contributed by atoms with Crippen molar-refractivity contribution in [3.8, 4) is 0 Å². The zero-order valence-corrected chi connectivity index (χ0v) is 10.4. The molecular formula is C12H17ClF2N2. The lowest BCUT2D eigenvalue weighted by atomic mass is 10.1. The molecule has 96 valence electrons. The first-order valence-corrected chi connectivity index (χ1v) is 5.57. The monoisotopic (exact) mass is 262 g/mol. The summed E-state index contributed by atoms with van der Waals surface area (Å²) < 4.78 is 26.1. The van der Waals surface area contributed by atoms with Crippen LogP contribution in [0.2, 0.25) is 0 Å². The van der Waals surface area contributed by atoms with E-state index in [2.05, 4.69) is 4.90 Å². The van der Waals surface area contributed by atoms with Crippen molar-refractivity contribution in [2.24, 2.45) is 5.73 Å². The fraction of sp³-hybridized carbons (Fsp3) is 0.500. The fourth-order valence-electron chi connectivity index (χ4n) is 2.13. The molecule has 1 aliphatic rings. The molecule has 17 heavy (non-hydrogen) atoms. The molecular weight excluding hydrogens is 246 g/mol. The molecule has 1 aromatic carbocycles. The smallest absolute Gasteiger partial charge is 0.130 e. The average Bonchev–Trinajstić information content (AvgIpc) is 2.22. The van der Waals surface area contributed by atoms with Gasteiger partial charge in [0.25, 0.3) is 0 Å². The summed E-state index contributed by atoms with van der Waals surface area (Å²) >= 11 is 0. The van der Waals surface area contributed by atoms with E-state index in [-0.39, 0.29) is 18.4 Å². The van der Waals surface area contributed by atoms with Crippen molar-refractivity contribution in [3.05, 3.63) is 35.4 Å². The van der Waals surface area contributed by atoms with Crippen LogP contribution in [-0.2, 0) is 6.54 Å². The van der Waals surface area contributed by atoms with Crippen molar-refractivity contribution in [1.29, 1.82) is 0 Å².